The van der Waals surface area contributed by atoms with Crippen LogP contribution >= 0.6 is 0 Å². The Morgan fingerprint density at radius 3 is 2.32 bits per heavy atom. The van der Waals surface area contributed by atoms with Gasteiger partial charge in [-0.15, -0.1) is 0 Å². The predicted octanol–water partition coefficient (Wildman–Crippen LogP) is 0.906. The van der Waals surface area contributed by atoms with Gasteiger partial charge in [0.1, 0.15) is 6.54 Å². The number of imide groups is 1. The number of aryl methyl sites for hydroxylation is 1. The molecule has 31 heavy (non-hydrogen) atoms. The van der Waals surface area contributed by atoms with Gasteiger partial charge in [0.2, 0.25) is 27.7 Å². The molecule has 1 aliphatic carbocycles. The number of nitrogens with one attached hydrogen (secondary N) is 1. The molecule has 0 radical (unpaired) electrons. The number of anilines is 1. The second kappa shape index (κ2) is 8.52. The molecule has 3 aliphatic rings. The molecule has 2 fully saturated rings. The van der Waals surface area contributed by atoms with E-state index in [0.717, 1.165) is 4.90 Å². The molecule has 2 saturated heterocycles. The van der Waals surface area contributed by atoms with Gasteiger partial charge < -0.3 is 10.1 Å². The van der Waals surface area contributed by atoms with E-state index in [2.05, 4.69) is 5.32 Å². The maximum absolute atomic E-state index is 13.0. The molecule has 9 nitrogen and oxygen atoms in total. The monoisotopic (exact) mass is 447 g/mol. The van der Waals surface area contributed by atoms with E-state index < -0.39 is 27.8 Å². The second-order valence-electron chi connectivity index (χ2n) is 7.96. The number of amides is 3. The highest BCUT2D eigenvalue weighted by Gasteiger charge is 2.47. The first-order valence-electron chi connectivity index (χ1n) is 10.3. The van der Waals surface area contributed by atoms with Crippen molar-refractivity contribution in [2.24, 2.45) is 11.8 Å². The van der Waals surface area contributed by atoms with Gasteiger partial charge in [0.15, 0.2) is 0 Å². The van der Waals surface area contributed by atoms with Crippen molar-refractivity contribution in [2.75, 3.05) is 38.2 Å². The van der Waals surface area contributed by atoms with Crippen molar-refractivity contribution in [1.29, 1.82) is 0 Å². The maximum atomic E-state index is 13.0. The molecule has 0 spiro atoms. The van der Waals surface area contributed by atoms with E-state index in [1.807, 2.05) is 12.2 Å². The third kappa shape index (κ3) is 4.15. The number of hydrogen-bond acceptors (Lipinski definition) is 6. The number of sulfonamides is 1. The van der Waals surface area contributed by atoms with E-state index in [1.165, 1.54) is 10.4 Å². The molecule has 4 rings (SSSR count). The van der Waals surface area contributed by atoms with Gasteiger partial charge in [-0.3, -0.25) is 19.3 Å². The minimum absolute atomic E-state index is 0.109. The summed E-state index contributed by atoms with van der Waals surface area (Å²) < 4.78 is 32.6. The molecule has 2 aliphatic heterocycles. The third-order valence-corrected chi connectivity index (χ3v) is 8.00. The van der Waals surface area contributed by atoms with Crippen LogP contribution in [-0.4, -0.2) is 68.2 Å². The van der Waals surface area contributed by atoms with E-state index in [1.54, 1.807) is 19.1 Å². The molecular weight excluding hydrogens is 422 g/mol. The van der Waals surface area contributed by atoms with Gasteiger partial charge in [-0.2, -0.15) is 4.31 Å². The van der Waals surface area contributed by atoms with Crippen molar-refractivity contribution in [3.05, 3.63) is 35.9 Å². The Morgan fingerprint density at radius 1 is 1.10 bits per heavy atom. The molecule has 0 bridgehead atoms. The van der Waals surface area contributed by atoms with Gasteiger partial charge in [-0.1, -0.05) is 18.2 Å². The van der Waals surface area contributed by atoms with Crippen LogP contribution in [0.1, 0.15) is 18.4 Å². The van der Waals surface area contributed by atoms with Crippen LogP contribution < -0.4 is 5.32 Å². The van der Waals surface area contributed by atoms with Crippen molar-refractivity contribution in [3.8, 4) is 0 Å². The Hall–Kier alpha value is -2.56. The topological polar surface area (TPSA) is 113 Å². The lowest BCUT2D eigenvalue weighted by Gasteiger charge is -2.27. The Balaban J connectivity index is 1.47. The molecular formula is C21H25N3O6S. The standard InChI is InChI=1S/C21H25N3O6S/c1-14-6-7-15(12-18(14)31(28,29)23-8-10-30-11-9-23)22-19(25)13-24-20(26)16-4-2-3-5-17(16)21(24)27/h2-3,6-7,12,16-17H,4-5,8-11,13H2,1H3,(H,22,25)/t16-,17-/m0/s1. The summed E-state index contributed by atoms with van der Waals surface area (Å²) in [6.45, 7) is 2.53. The lowest BCUT2D eigenvalue weighted by atomic mass is 9.85. The van der Waals surface area contributed by atoms with Crippen LogP contribution in [-0.2, 0) is 29.1 Å². The molecule has 0 aromatic heterocycles. The van der Waals surface area contributed by atoms with E-state index in [9.17, 15) is 22.8 Å². The highest BCUT2D eigenvalue weighted by atomic mass is 32.2. The molecule has 0 unspecified atom stereocenters. The zero-order valence-corrected chi connectivity index (χ0v) is 18.1. The normalized spacial score (nSPS) is 24.4. The van der Waals surface area contributed by atoms with E-state index >= 15 is 0 Å². The molecule has 0 saturated carbocycles. The number of allylic oxidation sites excluding steroid dienone is 2. The lowest BCUT2D eigenvalue weighted by molar-refractivity contribution is -0.142. The second-order valence-corrected chi connectivity index (χ2v) is 9.87. The summed E-state index contributed by atoms with van der Waals surface area (Å²) >= 11 is 0. The largest absolute Gasteiger partial charge is 0.379 e. The molecule has 10 heteroatoms. The van der Waals surface area contributed by atoms with E-state index in [-0.39, 0.29) is 36.3 Å². The van der Waals surface area contributed by atoms with Gasteiger partial charge in [-0.25, -0.2) is 8.42 Å². The number of benzene rings is 1. The smallest absolute Gasteiger partial charge is 0.244 e. The first-order valence-corrected chi connectivity index (χ1v) is 11.7. The fraction of sp³-hybridized carbons (Fsp3) is 0.476. The number of carbonyl (C=O) groups excluding carboxylic acids is 3. The molecule has 3 amide bonds. The quantitative estimate of drug-likeness (QED) is 0.530. The lowest BCUT2D eigenvalue weighted by Crippen LogP contribution is -2.41. The first kappa shape index (κ1) is 21.7. The van der Waals surface area contributed by atoms with Crippen LogP contribution in [0.15, 0.2) is 35.2 Å². The third-order valence-electron chi connectivity index (χ3n) is 5.96. The SMILES string of the molecule is Cc1ccc(NC(=O)CN2C(=O)[C@H]3CC=CC[C@@H]3C2=O)cc1S(=O)(=O)N1CCOCC1. The van der Waals surface area contributed by atoms with E-state index in [0.29, 0.717) is 37.3 Å². The fourth-order valence-corrected chi connectivity index (χ4v) is 5.91. The number of morpholine rings is 1. The summed E-state index contributed by atoms with van der Waals surface area (Å²) in [5.41, 5.74) is 0.853. The van der Waals surface area contributed by atoms with Crippen molar-refractivity contribution >= 4 is 33.4 Å². The van der Waals surface area contributed by atoms with Gasteiger partial charge in [-0.05, 0) is 37.5 Å². The van der Waals surface area contributed by atoms with Crippen molar-refractivity contribution in [1.82, 2.24) is 9.21 Å². The number of fused-ring (bicyclic) bond motifs is 1. The van der Waals surface area contributed by atoms with Crippen molar-refractivity contribution < 1.29 is 27.5 Å². The number of carbonyl (C=O) groups is 3. The molecule has 2 atom stereocenters. The Kier molecular flexibility index (Phi) is 5.96. The van der Waals surface area contributed by atoms with Gasteiger partial charge in [0.25, 0.3) is 0 Å². The average Bonchev–Trinajstić information content (AvgIpc) is 3.00. The minimum atomic E-state index is -3.73. The first-order chi connectivity index (χ1) is 14.8. The highest BCUT2D eigenvalue weighted by Crippen LogP contribution is 2.35. The van der Waals surface area contributed by atoms with Crippen LogP contribution in [0.25, 0.3) is 0 Å². The Morgan fingerprint density at radius 2 is 1.71 bits per heavy atom. The van der Waals surface area contributed by atoms with Crippen molar-refractivity contribution in [3.63, 3.8) is 0 Å². The van der Waals surface area contributed by atoms with Crippen LogP contribution in [0.2, 0.25) is 0 Å². The summed E-state index contributed by atoms with van der Waals surface area (Å²) in [6, 6.07) is 4.63. The Bertz CT molecular complexity index is 1020. The fourth-order valence-electron chi connectivity index (χ4n) is 4.25. The van der Waals surface area contributed by atoms with Crippen LogP contribution in [0.3, 0.4) is 0 Å². The Labute approximate surface area is 181 Å². The number of ether oxygens (including phenoxy) is 1. The number of nitrogens with zero attached hydrogens (tertiary/aromatic N) is 2. The number of likely N-dealkylation sites (tertiary alicyclic amines) is 1. The minimum Gasteiger partial charge on any atom is -0.379 e. The van der Waals surface area contributed by atoms with Crippen molar-refractivity contribution in [2.45, 2.75) is 24.7 Å². The summed E-state index contributed by atoms with van der Waals surface area (Å²) in [5.74, 6) is -1.99. The zero-order valence-electron chi connectivity index (χ0n) is 17.2. The summed E-state index contributed by atoms with van der Waals surface area (Å²) in [4.78, 5) is 38.8. The summed E-state index contributed by atoms with van der Waals surface area (Å²) in [5, 5.41) is 2.63. The van der Waals surface area contributed by atoms with E-state index in [4.69, 9.17) is 4.74 Å². The van der Waals surface area contributed by atoms with Crippen LogP contribution in [0, 0.1) is 18.8 Å². The van der Waals surface area contributed by atoms with Crippen LogP contribution in [0.5, 0.6) is 0 Å². The maximum Gasteiger partial charge on any atom is 0.244 e. The molecule has 2 heterocycles. The molecule has 1 aromatic rings. The van der Waals surface area contributed by atoms with Gasteiger partial charge in [0.05, 0.1) is 29.9 Å². The highest BCUT2D eigenvalue weighted by molar-refractivity contribution is 7.89. The van der Waals surface area contributed by atoms with Crippen LogP contribution in [0.4, 0.5) is 5.69 Å². The molecule has 166 valence electrons. The predicted molar refractivity (Wildman–Crippen MR) is 111 cm³/mol. The zero-order chi connectivity index (χ0) is 22.2. The summed E-state index contributed by atoms with van der Waals surface area (Å²) in [7, 11) is -3.73. The molecule has 1 N–H and O–H groups in total. The van der Waals surface area contributed by atoms with Gasteiger partial charge >= 0.3 is 0 Å². The summed E-state index contributed by atoms with van der Waals surface area (Å²) in [6.07, 6.45) is 4.79. The number of rotatable bonds is 5. The average molecular weight is 448 g/mol. The molecule has 1 aromatic carbocycles. The van der Waals surface area contributed by atoms with Gasteiger partial charge in [0, 0.05) is 18.8 Å². The number of hydrogen-bond donors (Lipinski definition) is 1.